The summed E-state index contributed by atoms with van der Waals surface area (Å²) in [5.74, 6) is 1.75. The van der Waals surface area contributed by atoms with Crippen molar-refractivity contribution in [3.05, 3.63) is 0 Å². The molecule has 2 aliphatic heterocycles. The lowest BCUT2D eigenvalue weighted by atomic mass is 9.92. The number of piperazine rings is 1. The van der Waals surface area contributed by atoms with Crippen molar-refractivity contribution >= 4 is 12.0 Å². The monoisotopic (exact) mass is 339 g/mol. The number of piperidine rings is 1. The smallest absolute Gasteiger partial charge is 0.409 e. The Morgan fingerprint density at radius 1 is 1.00 bits per heavy atom. The van der Waals surface area contributed by atoms with Crippen LogP contribution in [0.1, 0.15) is 34.1 Å². The van der Waals surface area contributed by atoms with Crippen molar-refractivity contribution < 1.29 is 14.3 Å². The van der Waals surface area contributed by atoms with E-state index in [4.69, 9.17) is 4.74 Å². The molecule has 6 nitrogen and oxygen atoms in total. The Bertz CT molecular complexity index is 423. The molecule has 2 saturated heterocycles. The van der Waals surface area contributed by atoms with Crippen LogP contribution in [0, 0.1) is 17.8 Å². The van der Waals surface area contributed by atoms with Crippen LogP contribution >= 0.6 is 0 Å². The average molecular weight is 339 g/mol. The summed E-state index contributed by atoms with van der Waals surface area (Å²) in [6.07, 6.45) is 0.981. The van der Waals surface area contributed by atoms with Crippen LogP contribution in [0.4, 0.5) is 4.79 Å². The van der Waals surface area contributed by atoms with Crippen molar-refractivity contribution in [3.63, 3.8) is 0 Å². The number of carbonyl (C=O) groups excluding carboxylic acids is 2. The average Bonchev–Trinajstić information content (AvgIpc) is 2.52. The molecule has 2 unspecified atom stereocenters. The lowest BCUT2D eigenvalue weighted by molar-refractivity contribution is -0.135. The predicted octanol–water partition coefficient (Wildman–Crippen LogP) is 1.90. The van der Waals surface area contributed by atoms with E-state index in [9.17, 15) is 9.59 Å². The van der Waals surface area contributed by atoms with E-state index >= 15 is 0 Å². The van der Waals surface area contributed by atoms with Crippen LogP contribution in [0.2, 0.25) is 0 Å². The first-order valence-corrected chi connectivity index (χ1v) is 9.27. The SMILES string of the molecule is CC(C)COC(=O)N1CCN(CC(=O)N2CC(C)CC(C)C2)CC1. The van der Waals surface area contributed by atoms with Crippen LogP contribution in [-0.4, -0.2) is 79.1 Å². The van der Waals surface area contributed by atoms with Crippen molar-refractivity contribution in [1.82, 2.24) is 14.7 Å². The topological polar surface area (TPSA) is 53.1 Å². The third-order valence-electron chi connectivity index (χ3n) is 4.75. The highest BCUT2D eigenvalue weighted by Gasteiger charge is 2.28. The summed E-state index contributed by atoms with van der Waals surface area (Å²) >= 11 is 0. The molecule has 0 aromatic rings. The first kappa shape index (κ1) is 19.0. The molecule has 0 N–H and O–H groups in total. The molecule has 2 heterocycles. The van der Waals surface area contributed by atoms with Gasteiger partial charge in [0, 0.05) is 39.3 Å². The van der Waals surface area contributed by atoms with Crippen LogP contribution in [0.3, 0.4) is 0 Å². The highest BCUT2D eigenvalue weighted by molar-refractivity contribution is 5.78. The van der Waals surface area contributed by atoms with Crippen molar-refractivity contribution in [2.24, 2.45) is 17.8 Å². The molecule has 2 aliphatic rings. The molecule has 2 amide bonds. The molecule has 2 fully saturated rings. The molecular formula is C18H33N3O3. The third kappa shape index (κ3) is 5.65. The lowest BCUT2D eigenvalue weighted by Crippen LogP contribution is -2.53. The van der Waals surface area contributed by atoms with Gasteiger partial charge in [-0.25, -0.2) is 4.79 Å². The van der Waals surface area contributed by atoms with E-state index in [2.05, 4.69) is 18.7 Å². The van der Waals surface area contributed by atoms with Gasteiger partial charge in [0.05, 0.1) is 13.2 Å². The molecule has 2 rings (SSSR count). The van der Waals surface area contributed by atoms with E-state index in [0.717, 1.165) is 26.2 Å². The Labute approximate surface area is 146 Å². The molecule has 0 aliphatic carbocycles. The van der Waals surface area contributed by atoms with Gasteiger partial charge in [-0.05, 0) is 24.2 Å². The molecule has 138 valence electrons. The van der Waals surface area contributed by atoms with Crippen molar-refractivity contribution in [2.75, 3.05) is 52.4 Å². The van der Waals surface area contributed by atoms with Crippen molar-refractivity contribution in [3.8, 4) is 0 Å². The van der Waals surface area contributed by atoms with E-state index in [-0.39, 0.29) is 12.0 Å². The number of hydrogen-bond acceptors (Lipinski definition) is 4. The number of ether oxygens (including phenoxy) is 1. The predicted molar refractivity (Wildman–Crippen MR) is 93.7 cm³/mol. The summed E-state index contributed by atoms with van der Waals surface area (Å²) in [5.41, 5.74) is 0. The minimum Gasteiger partial charge on any atom is -0.449 e. The molecule has 2 atom stereocenters. The third-order valence-corrected chi connectivity index (χ3v) is 4.75. The van der Waals surface area contributed by atoms with Crippen molar-refractivity contribution in [1.29, 1.82) is 0 Å². The molecule has 6 heteroatoms. The Morgan fingerprint density at radius 2 is 1.58 bits per heavy atom. The minimum absolute atomic E-state index is 0.226. The fourth-order valence-corrected chi connectivity index (χ4v) is 3.58. The van der Waals surface area contributed by atoms with Gasteiger partial charge in [0.15, 0.2) is 0 Å². The fourth-order valence-electron chi connectivity index (χ4n) is 3.58. The van der Waals surface area contributed by atoms with Gasteiger partial charge in [0.2, 0.25) is 5.91 Å². The zero-order valence-electron chi connectivity index (χ0n) is 15.7. The highest BCUT2D eigenvalue weighted by Crippen LogP contribution is 2.21. The first-order chi connectivity index (χ1) is 11.3. The maximum atomic E-state index is 12.5. The van der Waals surface area contributed by atoms with E-state index in [0.29, 0.717) is 44.0 Å². The van der Waals surface area contributed by atoms with Crippen LogP contribution in [0.5, 0.6) is 0 Å². The number of likely N-dealkylation sites (tertiary alicyclic amines) is 1. The Balaban J connectivity index is 1.72. The summed E-state index contributed by atoms with van der Waals surface area (Å²) in [6.45, 7) is 13.9. The molecule has 0 radical (unpaired) electrons. The van der Waals surface area contributed by atoms with E-state index in [1.54, 1.807) is 4.90 Å². The second-order valence-corrected chi connectivity index (χ2v) is 7.98. The number of rotatable bonds is 4. The summed E-state index contributed by atoms with van der Waals surface area (Å²) in [5, 5.41) is 0. The van der Waals surface area contributed by atoms with Crippen LogP contribution < -0.4 is 0 Å². The summed E-state index contributed by atoms with van der Waals surface area (Å²) < 4.78 is 5.27. The van der Waals surface area contributed by atoms with Gasteiger partial charge in [-0.2, -0.15) is 0 Å². The summed E-state index contributed by atoms with van der Waals surface area (Å²) in [7, 11) is 0. The van der Waals surface area contributed by atoms with Gasteiger partial charge in [0.25, 0.3) is 0 Å². The maximum Gasteiger partial charge on any atom is 0.409 e. The number of nitrogens with zero attached hydrogens (tertiary/aromatic N) is 3. The van der Waals surface area contributed by atoms with Gasteiger partial charge in [-0.15, -0.1) is 0 Å². The Morgan fingerprint density at radius 3 is 2.12 bits per heavy atom. The van der Waals surface area contributed by atoms with Crippen molar-refractivity contribution in [2.45, 2.75) is 34.1 Å². The Kier molecular flexibility index (Phi) is 6.90. The highest BCUT2D eigenvalue weighted by atomic mass is 16.6. The molecule has 0 aromatic heterocycles. The number of carbonyl (C=O) groups is 2. The van der Waals surface area contributed by atoms with Gasteiger partial charge in [0.1, 0.15) is 0 Å². The second-order valence-electron chi connectivity index (χ2n) is 7.98. The first-order valence-electron chi connectivity index (χ1n) is 9.27. The largest absolute Gasteiger partial charge is 0.449 e. The standard InChI is InChI=1S/C18H33N3O3/c1-14(2)13-24-18(23)20-7-5-19(6-8-20)12-17(22)21-10-15(3)9-16(4)11-21/h14-16H,5-13H2,1-4H3. The maximum absolute atomic E-state index is 12.5. The van der Waals surface area contributed by atoms with Gasteiger partial charge < -0.3 is 14.5 Å². The quantitative estimate of drug-likeness (QED) is 0.785. The minimum atomic E-state index is -0.228. The Hall–Kier alpha value is -1.30. The van der Waals surface area contributed by atoms with Gasteiger partial charge in [-0.3, -0.25) is 9.69 Å². The summed E-state index contributed by atoms with van der Waals surface area (Å²) in [6, 6.07) is 0. The number of amides is 2. The summed E-state index contributed by atoms with van der Waals surface area (Å²) in [4.78, 5) is 30.4. The normalized spacial score (nSPS) is 25.9. The molecular weight excluding hydrogens is 306 g/mol. The van der Waals surface area contributed by atoms with E-state index < -0.39 is 0 Å². The van der Waals surface area contributed by atoms with Gasteiger partial charge in [-0.1, -0.05) is 27.7 Å². The van der Waals surface area contributed by atoms with E-state index in [1.807, 2.05) is 18.7 Å². The molecule has 0 saturated carbocycles. The van der Waals surface area contributed by atoms with Gasteiger partial charge >= 0.3 is 6.09 Å². The molecule has 0 aromatic carbocycles. The van der Waals surface area contributed by atoms with Crippen LogP contribution in [0.15, 0.2) is 0 Å². The lowest BCUT2D eigenvalue weighted by Gasteiger charge is -2.38. The second kappa shape index (κ2) is 8.70. The number of hydrogen-bond donors (Lipinski definition) is 0. The fraction of sp³-hybridized carbons (Fsp3) is 0.889. The zero-order chi connectivity index (χ0) is 17.7. The molecule has 0 bridgehead atoms. The van der Waals surface area contributed by atoms with E-state index in [1.165, 1.54) is 6.42 Å². The zero-order valence-corrected chi connectivity index (χ0v) is 15.7. The van der Waals surface area contributed by atoms with Crippen LogP contribution in [-0.2, 0) is 9.53 Å². The molecule has 24 heavy (non-hydrogen) atoms. The molecule has 0 spiro atoms. The van der Waals surface area contributed by atoms with Crippen LogP contribution in [0.25, 0.3) is 0 Å².